The summed E-state index contributed by atoms with van der Waals surface area (Å²) in [6, 6.07) is 20.7. The Morgan fingerprint density at radius 1 is 1.03 bits per heavy atom. The lowest BCUT2D eigenvalue weighted by Gasteiger charge is -2.23. The number of amides is 1. The number of carbonyl (C=O) groups is 2. The van der Waals surface area contributed by atoms with E-state index in [-0.39, 0.29) is 23.7 Å². The summed E-state index contributed by atoms with van der Waals surface area (Å²) >= 11 is 1.56. The summed E-state index contributed by atoms with van der Waals surface area (Å²) in [5, 5.41) is 3.79. The number of hydrogen-bond acceptors (Lipinski definition) is 4. The Bertz CT molecular complexity index is 1140. The lowest BCUT2D eigenvalue weighted by molar-refractivity contribution is -0.117. The van der Waals surface area contributed by atoms with Gasteiger partial charge in [-0.1, -0.05) is 67.6 Å². The molecule has 0 radical (unpaired) electrons. The van der Waals surface area contributed by atoms with Crippen LogP contribution in [0, 0.1) is 5.92 Å². The summed E-state index contributed by atoms with van der Waals surface area (Å²) in [5.41, 5.74) is 4.19. The van der Waals surface area contributed by atoms with Crippen molar-refractivity contribution in [3.63, 3.8) is 0 Å². The number of ether oxygens (including phenoxy) is 1. The fourth-order valence-corrected chi connectivity index (χ4v) is 6.24. The summed E-state index contributed by atoms with van der Waals surface area (Å²) < 4.78 is 5.52. The molecule has 0 saturated heterocycles. The highest BCUT2D eigenvalue weighted by Gasteiger charge is 2.44. The van der Waals surface area contributed by atoms with Crippen molar-refractivity contribution in [2.75, 3.05) is 11.9 Å². The number of benzene rings is 2. The third-order valence-electron chi connectivity index (χ3n) is 6.77. The van der Waals surface area contributed by atoms with E-state index >= 15 is 0 Å². The Morgan fingerprint density at radius 2 is 1.73 bits per heavy atom. The highest BCUT2D eigenvalue weighted by Crippen LogP contribution is 2.49. The van der Waals surface area contributed by atoms with Crippen molar-refractivity contribution in [2.24, 2.45) is 5.92 Å². The summed E-state index contributed by atoms with van der Waals surface area (Å²) in [6.07, 6.45) is 4.34. The number of nitrogens with one attached hydrogen (secondary N) is 1. The third-order valence-corrected chi connectivity index (χ3v) is 7.94. The van der Waals surface area contributed by atoms with Gasteiger partial charge >= 0.3 is 5.97 Å². The molecule has 4 nitrogen and oxygen atoms in total. The number of rotatable bonds is 7. The summed E-state index contributed by atoms with van der Waals surface area (Å²) in [6.45, 7) is 2.38. The van der Waals surface area contributed by atoms with Gasteiger partial charge in [0.2, 0.25) is 5.91 Å². The Kier molecular flexibility index (Phi) is 6.32. The van der Waals surface area contributed by atoms with Crippen LogP contribution in [0.15, 0.2) is 60.7 Å². The second-order valence-electron chi connectivity index (χ2n) is 9.04. The zero-order valence-electron chi connectivity index (χ0n) is 18.9. The molecule has 1 aromatic heterocycles. The Hall–Kier alpha value is -2.92. The predicted octanol–water partition coefficient (Wildman–Crippen LogP) is 6.33. The van der Waals surface area contributed by atoms with E-state index in [1.54, 1.807) is 11.3 Å². The zero-order chi connectivity index (χ0) is 22.8. The van der Waals surface area contributed by atoms with Gasteiger partial charge < -0.3 is 10.1 Å². The lowest BCUT2D eigenvalue weighted by Crippen LogP contribution is -2.18. The molecule has 3 atom stereocenters. The smallest absolute Gasteiger partial charge is 0.341 e. The predicted molar refractivity (Wildman–Crippen MR) is 132 cm³/mol. The summed E-state index contributed by atoms with van der Waals surface area (Å²) in [5.74, 6) is 0.359. The van der Waals surface area contributed by atoms with Crippen LogP contribution in [0.25, 0.3) is 0 Å². The molecule has 5 rings (SSSR count). The van der Waals surface area contributed by atoms with Crippen molar-refractivity contribution in [1.29, 1.82) is 0 Å². The van der Waals surface area contributed by atoms with Gasteiger partial charge in [-0.3, -0.25) is 4.79 Å². The summed E-state index contributed by atoms with van der Waals surface area (Å²) in [4.78, 5) is 27.3. The molecular weight excluding hydrogens is 430 g/mol. The van der Waals surface area contributed by atoms with Gasteiger partial charge in [0.25, 0.3) is 0 Å². The van der Waals surface area contributed by atoms with Gasteiger partial charge in [-0.2, -0.15) is 0 Å². The Balaban J connectivity index is 1.38. The molecule has 3 aromatic rings. The fraction of sp³-hybridized carbons (Fsp3) is 0.357. The van der Waals surface area contributed by atoms with E-state index in [0.717, 1.165) is 37.7 Å². The second kappa shape index (κ2) is 9.52. The molecule has 0 unspecified atom stereocenters. The monoisotopic (exact) mass is 459 g/mol. The first-order chi connectivity index (χ1) is 16.2. The van der Waals surface area contributed by atoms with Gasteiger partial charge in [0, 0.05) is 10.8 Å². The molecule has 0 aliphatic heterocycles. The molecule has 1 amide bonds. The number of carbonyl (C=O) groups excluding carboxylic acids is 2. The molecular formula is C28H29NO3S. The van der Waals surface area contributed by atoms with Gasteiger partial charge in [-0.05, 0) is 60.6 Å². The second-order valence-corrected chi connectivity index (χ2v) is 10.1. The first kappa shape index (κ1) is 21.9. The van der Waals surface area contributed by atoms with Crippen molar-refractivity contribution in [2.45, 2.75) is 50.9 Å². The van der Waals surface area contributed by atoms with Crippen LogP contribution < -0.4 is 5.32 Å². The van der Waals surface area contributed by atoms with Crippen LogP contribution in [0.4, 0.5) is 5.00 Å². The van der Waals surface area contributed by atoms with Gasteiger partial charge in [0.05, 0.1) is 12.2 Å². The van der Waals surface area contributed by atoms with Crippen molar-refractivity contribution in [3.8, 4) is 0 Å². The molecule has 2 aliphatic carbocycles. The van der Waals surface area contributed by atoms with Crippen LogP contribution in [-0.4, -0.2) is 18.5 Å². The van der Waals surface area contributed by atoms with Crippen molar-refractivity contribution in [3.05, 3.63) is 87.8 Å². The molecule has 0 bridgehead atoms. The van der Waals surface area contributed by atoms with E-state index in [0.29, 0.717) is 23.1 Å². The fourth-order valence-electron chi connectivity index (χ4n) is 4.92. The average Bonchev–Trinajstić information content (AvgIpc) is 3.58. The Morgan fingerprint density at radius 3 is 2.42 bits per heavy atom. The van der Waals surface area contributed by atoms with Gasteiger partial charge in [-0.15, -0.1) is 11.3 Å². The largest absolute Gasteiger partial charge is 0.462 e. The molecule has 1 N–H and O–H groups in total. The number of hydrogen-bond donors (Lipinski definition) is 1. The highest BCUT2D eigenvalue weighted by molar-refractivity contribution is 7.17. The van der Waals surface area contributed by atoms with E-state index in [4.69, 9.17) is 4.74 Å². The number of esters is 1. The minimum Gasteiger partial charge on any atom is -0.462 e. The van der Waals surface area contributed by atoms with Crippen LogP contribution in [0.3, 0.4) is 0 Å². The Labute approximate surface area is 199 Å². The minimum absolute atomic E-state index is 0.00611. The molecule has 0 spiro atoms. The van der Waals surface area contributed by atoms with Gasteiger partial charge in [0.1, 0.15) is 5.00 Å². The first-order valence-electron chi connectivity index (χ1n) is 11.9. The van der Waals surface area contributed by atoms with Crippen LogP contribution in [0.5, 0.6) is 0 Å². The SMILES string of the molecule is CCCOC(=O)c1c(NC(=O)[C@@H]2C[C@H]2c2ccccc2)sc2c1CC[C@@H](c1ccccc1)C2. The summed E-state index contributed by atoms with van der Waals surface area (Å²) in [7, 11) is 0. The zero-order valence-corrected chi connectivity index (χ0v) is 19.7. The molecule has 1 saturated carbocycles. The van der Waals surface area contributed by atoms with Crippen molar-refractivity contribution >= 4 is 28.2 Å². The van der Waals surface area contributed by atoms with E-state index < -0.39 is 0 Å². The van der Waals surface area contributed by atoms with Crippen LogP contribution in [0.2, 0.25) is 0 Å². The molecule has 5 heteroatoms. The quantitative estimate of drug-likeness (QED) is 0.420. The topological polar surface area (TPSA) is 55.4 Å². The number of fused-ring (bicyclic) bond motifs is 1. The molecule has 2 aromatic carbocycles. The van der Waals surface area contributed by atoms with Gasteiger partial charge in [-0.25, -0.2) is 4.79 Å². The van der Waals surface area contributed by atoms with Gasteiger partial charge in [0.15, 0.2) is 0 Å². The minimum atomic E-state index is -0.307. The maximum Gasteiger partial charge on any atom is 0.341 e. The maximum atomic E-state index is 13.1. The standard InChI is InChI=1S/C28H29NO3S/c1-2-15-32-28(31)25-21-14-13-20(18-9-5-3-6-10-18)16-24(21)33-27(25)29-26(30)23-17-22(23)19-11-7-4-8-12-19/h3-12,20,22-23H,2,13-17H2,1H3,(H,29,30)/t20-,22+,23-/m1/s1. The van der Waals surface area contributed by atoms with Crippen LogP contribution >= 0.6 is 11.3 Å². The average molecular weight is 460 g/mol. The first-order valence-corrected chi connectivity index (χ1v) is 12.7. The van der Waals surface area contributed by atoms with Crippen molar-refractivity contribution in [1.82, 2.24) is 0 Å². The number of anilines is 1. The van der Waals surface area contributed by atoms with Crippen molar-refractivity contribution < 1.29 is 14.3 Å². The molecule has 170 valence electrons. The lowest BCUT2D eigenvalue weighted by atomic mass is 9.83. The third kappa shape index (κ3) is 4.60. The van der Waals surface area contributed by atoms with Crippen LogP contribution in [-0.2, 0) is 22.4 Å². The maximum absolute atomic E-state index is 13.1. The normalized spacial score (nSPS) is 21.2. The van der Waals surface area contributed by atoms with E-state index in [1.807, 2.05) is 31.2 Å². The highest BCUT2D eigenvalue weighted by atomic mass is 32.1. The van der Waals surface area contributed by atoms with E-state index in [9.17, 15) is 9.59 Å². The number of thiophene rings is 1. The molecule has 2 aliphatic rings. The van der Waals surface area contributed by atoms with Crippen LogP contribution in [0.1, 0.15) is 69.9 Å². The van der Waals surface area contributed by atoms with E-state index in [1.165, 1.54) is 16.0 Å². The molecule has 1 fully saturated rings. The van der Waals surface area contributed by atoms with E-state index in [2.05, 4.69) is 41.7 Å². The molecule has 1 heterocycles. The molecule has 33 heavy (non-hydrogen) atoms.